The molecule has 4 nitrogen and oxygen atoms in total. The van der Waals surface area contributed by atoms with Crippen molar-refractivity contribution < 1.29 is 13.5 Å². The van der Waals surface area contributed by atoms with Crippen LogP contribution in [0.3, 0.4) is 0 Å². The molecule has 0 aliphatic heterocycles. The van der Waals surface area contributed by atoms with Gasteiger partial charge < -0.3 is 4.74 Å². The van der Waals surface area contributed by atoms with Gasteiger partial charge in [0.25, 0.3) is 0 Å². The van der Waals surface area contributed by atoms with Crippen LogP contribution in [-0.4, -0.2) is 14.5 Å². The first-order chi connectivity index (χ1) is 13.6. The second-order valence-corrected chi connectivity index (χ2v) is 8.12. The van der Waals surface area contributed by atoms with Crippen LogP contribution in [-0.2, 0) is 12.4 Å². The van der Waals surface area contributed by atoms with Crippen molar-refractivity contribution >= 4 is 45.7 Å². The number of alkyl halides is 2. The van der Waals surface area contributed by atoms with Gasteiger partial charge in [-0.05, 0) is 36.4 Å². The van der Waals surface area contributed by atoms with E-state index in [9.17, 15) is 8.78 Å². The fraction of sp³-hybridized carbons (Fsp3) is 0.158. The van der Waals surface area contributed by atoms with Crippen molar-refractivity contribution in [2.24, 2.45) is 0 Å². The molecular formula is C19H14ClF2N3OS2. The molecule has 9 heteroatoms. The van der Waals surface area contributed by atoms with Crippen molar-refractivity contribution in [2.45, 2.75) is 24.1 Å². The number of imidazole rings is 1. The number of thiazole rings is 1. The first-order valence-corrected chi connectivity index (χ1v) is 10.5. The lowest BCUT2D eigenvalue weighted by Crippen LogP contribution is -2.00. The van der Waals surface area contributed by atoms with Gasteiger partial charge in [0, 0.05) is 16.2 Å². The Morgan fingerprint density at radius 3 is 2.68 bits per heavy atom. The predicted octanol–water partition coefficient (Wildman–Crippen LogP) is 6.41. The number of benzene rings is 2. The second kappa shape index (κ2) is 8.46. The molecule has 4 rings (SSSR count). The van der Waals surface area contributed by atoms with E-state index in [1.54, 1.807) is 48.5 Å². The lowest BCUT2D eigenvalue weighted by atomic mass is 10.3. The molecule has 0 aliphatic rings. The lowest BCUT2D eigenvalue weighted by Gasteiger charge is -2.06. The van der Waals surface area contributed by atoms with Crippen molar-refractivity contribution in [1.82, 2.24) is 14.5 Å². The van der Waals surface area contributed by atoms with Crippen LogP contribution < -0.4 is 4.74 Å². The fourth-order valence-electron chi connectivity index (χ4n) is 2.61. The van der Waals surface area contributed by atoms with E-state index < -0.39 is 6.55 Å². The molecule has 144 valence electrons. The number of rotatable bonds is 7. The average molecular weight is 438 g/mol. The molecule has 0 fully saturated rings. The molecule has 0 amide bonds. The van der Waals surface area contributed by atoms with Crippen LogP contribution in [0.1, 0.15) is 17.3 Å². The molecule has 0 N–H and O–H groups in total. The summed E-state index contributed by atoms with van der Waals surface area (Å²) in [6.45, 7) is -2.30. The summed E-state index contributed by atoms with van der Waals surface area (Å²) in [5.41, 5.74) is 1.79. The molecular weight excluding hydrogens is 424 g/mol. The number of fused-ring (bicyclic) bond motifs is 1. The minimum atomic E-state index is -2.64. The zero-order valence-electron chi connectivity index (χ0n) is 14.4. The van der Waals surface area contributed by atoms with Crippen molar-refractivity contribution in [3.05, 3.63) is 69.6 Å². The fourth-order valence-corrected chi connectivity index (χ4v) is 4.45. The van der Waals surface area contributed by atoms with Gasteiger partial charge >= 0.3 is 6.55 Å². The third-order valence-electron chi connectivity index (χ3n) is 3.88. The van der Waals surface area contributed by atoms with Gasteiger partial charge in [0.05, 0.1) is 16.7 Å². The summed E-state index contributed by atoms with van der Waals surface area (Å²) in [5.74, 6) is 1.16. The molecule has 2 heterocycles. The SMILES string of the molecule is FC(F)n1c(SCc2csc(COc3ccc(Cl)cc3)n2)nc2ccccc21. The smallest absolute Gasteiger partial charge is 0.321 e. The van der Waals surface area contributed by atoms with E-state index in [0.717, 1.165) is 15.3 Å². The standard InChI is InChI=1S/C19H14ClF2N3OS2/c20-12-5-7-14(8-6-12)26-9-17-23-13(10-27-17)11-28-19-24-15-3-1-2-4-16(15)25(19)18(21)22/h1-8,10,18H,9,11H2. The van der Waals surface area contributed by atoms with Gasteiger partial charge in [-0.3, -0.25) is 4.57 Å². The summed E-state index contributed by atoms with van der Waals surface area (Å²) in [7, 11) is 0. The Morgan fingerprint density at radius 1 is 1.11 bits per heavy atom. The lowest BCUT2D eigenvalue weighted by molar-refractivity contribution is 0.0656. The Morgan fingerprint density at radius 2 is 1.89 bits per heavy atom. The molecule has 4 aromatic rings. The van der Waals surface area contributed by atoms with Gasteiger partial charge in [-0.15, -0.1) is 11.3 Å². The maximum Gasteiger partial charge on any atom is 0.321 e. The summed E-state index contributed by atoms with van der Waals surface area (Å²) in [6, 6.07) is 14.0. The maximum absolute atomic E-state index is 13.5. The van der Waals surface area contributed by atoms with Crippen LogP contribution >= 0.6 is 34.7 Å². The van der Waals surface area contributed by atoms with Crippen LogP contribution in [0.25, 0.3) is 11.0 Å². The number of ether oxygens (including phenoxy) is 1. The number of halogens is 3. The van der Waals surface area contributed by atoms with E-state index in [2.05, 4.69) is 9.97 Å². The van der Waals surface area contributed by atoms with Gasteiger partial charge in [-0.1, -0.05) is 35.5 Å². The molecule has 0 radical (unpaired) electrons. The first-order valence-electron chi connectivity index (χ1n) is 8.30. The summed E-state index contributed by atoms with van der Waals surface area (Å²) >= 11 is 8.57. The average Bonchev–Trinajstić information content (AvgIpc) is 3.30. The summed E-state index contributed by atoms with van der Waals surface area (Å²) in [4.78, 5) is 8.83. The quantitative estimate of drug-likeness (QED) is 0.313. The molecule has 2 aromatic heterocycles. The maximum atomic E-state index is 13.5. The molecule has 0 spiro atoms. The van der Waals surface area contributed by atoms with Crippen LogP contribution in [0.2, 0.25) is 5.02 Å². The molecule has 0 unspecified atom stereocenters. The molecule has 0 saturated carbocycles. The third-order valence-corrected chi connectivity index (χ3v) is 5.99. The van der Waals surface area contributed by atoms with E-state index >= 15 is 0 Å². The van der Waals surface area contributed by atoms with Gasteiger partial charge in [-0.2, -0.15) is 8.78 Å². The predicted molar refractivity (Wildman–Crippen MR) is 108 cm³/mol. The Kier molecular flexibility index (Phi) is 5.79. The molecule has 0 bridgehead atoms. The molecule has 0 aliphatic carbocycles. The van der Waals surface area contributed by atoms with Crippen molar-refractivity contribution in [1.29, 1.82) is 0 Å². The Bertz CT molecular complexity index is 1080. The first kappa shape index (κ1) is 19.2. The number of nitrogens with zero attached hydrogens (tertiary/aromatic N) is 3. The van der Waals surface area contributed by atoms with Gasteiger partial charge in [0.15, 0.2) is 5.16 Å². The summed E-state index contributed by atoms with van der Waals surface area (Å²) in [6.07, 6.45) is 0. The highest BCUT2D eigenvalue weighted by Crippen LogP contribution is 2.31. The van der Waals surface area contributed by atoms with Crippen molar-refractivity contribution in [3.63, 3.8) is 0 Å². The zero-order valence-corrected chi connectivity index (χ0v) is 16.8. The molecule has 2 aromatic carbocycles. The number of hydrogen-bond acceptors (Lipinski definition) is 5. The minimum Gasteiger partial charge on any atom is -0.486 e. The molecule has 28 heavy (non-hydrogen) atoms. The van der Waals surface area contributed by atoms with Crippen molar-refractivity contribution in [2.75, 3.05) is 0 Å². The van der Waals surface area contributed by atoms with Gasteiger partial charge in [0.1, 0.15) is 17.4 Å². The van der Waals surface area contributed by atoms with Crippen LogP contribution in [0, 0.1) is 0 Å². The van der Waals surface area contributed by atoms with Gasteiger partial charge in [0.2, 0.25) is 0 Å². The highest BCUT2D eigenvalue weighted by Gasteiger charge is 2.18. The minimum absolute atomic E-state index is 0.281. The number of para-hydroxylation sites is 2. The number of thioether (sulfide) groups is 1. The Hall–Kier alpha value is -2.16. The van der Waals surface area contributed by atoms with Crippen LogP contribution in [0.4, 0.5) is 8.78 Å². The third kappa shape index (κ3) is 4.29. The summed E-state index contributed by atoms with van der Waals surface area (Å²) in [5, 5.41) is 3.65. The topological polar surface area (TPSA) is 39.9 Å². The van der Waals surface area contributed by atoms with E-state index in [-0.39, 0.29) is 5.16 Å². The highest BCUT2D eigenvalue weighted by atomic mass is 35.5. The molecule has 0 saturated heterocycles. The Balaban J connectivity index is 1.41. The van der Waals surface area contributed by atoms with E-state index in [1.807, 2.05) is 5.38 Å². The highest BCUT2D eigenvalue weighted by molar-refractivity contribution is 7.98. The monoisotopic (exact) mass is 437 g/mol. The van der Waals surface area contributed by atoms with E-state index in [0.29, 0.717) is 34.2 Å². The number of aromatic nitrogens is 3. The number of hydrogen-bond donors (Lipinski definition) is 0. The zero-order chi connectivity index (χ0) is 19.5. The van der Waals surface area contributed by atoms with E-state index in [1.165, 1.54) is 23.1 Å². The van der Waals surface area contributed by atoms with Gasteiger partial charge in [-0.25, -0.2) is 9.97 Å². The van der Waals surface area contributed by atoms with E-state index in [4.69, 9.17) is 16.3 Å². The molecule has 0 atom stereocenters. The van der Waals surface area contributed by atoms with Crippen LogP contribution in [0.15, 0.2) is 59.1 Å². The largest absolute Gasteiger partial charge is 0.486 e. The van der Waals surface area contributed by atoms with Crippen LogP contribution in [0.5, 0.6) is 5.75 Å². The second-order valence-electron chi connectivity index (χ2n) is 5.79. The van der Waals surface area contributed by atoms with Crippen molar-refractivity contribution in [3.8, 4) is 5.75 Å². The Labute approximate surface area is 173 Å². The summed E-state index contributed by atoms with van der Waals surface area (Å²) < 4.78 is 33.6. The normalized spacial score (nSPS) is 11.4.